The average molecular weight is 327 g/mol. The van der Waals surface area contributed by atoms with Crippen molar-refractivity contribution in [2.75, 3.05) is 0 Å². The molecule has 0 N–H and O–H groups in total. The van der Waals surface area contributed by atoms with E-state index < -0.39 is 32.0 Å². The smallest absolute Gasteiger partial charge is 0.185 e. The fourth-order valence-corrected chi connectivity index (χ4v) is 3.67. The lowest BCUT2D eigenvalue weighted by Crippen LogP contribution is -2.11. The second-order valence-electron chi connectivity index (χ2n) is 4.45. The fraction of sp³-hybridized carbons (Fsp3) is 0.143. The molecule has 112 valence electrons. The Labute approximate surface area is 124 Å². The van der Waals surface area contributed by atoms with Crippen LogP contribution in [0.2, 0.25) is 0 Å². The average Bonchev–Trinajstić information content (AvgIpc) is 2.46. The van der Waals surface area contributed by atoms with Crippen molar-refractivity contribution in [2.24, 2.45) is 0 Å². The quantitative estimate of drug-likeness (QED) is 0.809. The molecule has 2 aromatic rings. The van der Waals surface area contributed by atoms with E-state index in [9.17, 15) is 21.6 Å². The van der Waals surface area contributed by atoms with Crippen LogP contribution in [0.5, 0.6) is 0 Å². The first kappa shape index (κ1) is 15.8. The Balaban J connectivity index is 2.39. The van der Waals surface area contributed by atoms with Crippen LogP contribution < -0.4 is 0 Å². The molecule has 0 saturated carbocycles. The highest BCUT2D eigenvalue weighted by atomic mass is 32.2. The van der Waals surface area contributed by atoms with Gasteiger partial charge in [-0.3, -0.25) is 4.21 Å². The van der Waals surface area contributed by atoms with Gasteiger partial charge >= 0.3 is 0 Å². The summed E-state index contributed by atoms with van der Waals surface area (Å²) in [5.74, 6) is -0.508. The number of hydrogen-bond acceptors (Lipinski definition) is 4. The zero-order valence-electron chi connectivity index (χ0n) is 11.0. The van der Waals surface area contributed by atoms with Gasteiger partial charge in [0.2, 0.25) is 0 Å². The highest BCUT2D eigenvalue weighted by Gasteiger charge is 2.25. The van der Waals surface area contributed by atoms with Crippen molar-refractivity contribution in [3.8, 4) is 0 Å². The van der Waals surface area contributed by atoms with Crippen LogP contribution in [0.1, 0.15) is 17.7 Å². The first-order valence-corrected chi connectivity index (χ1v) is 8.63. The fourth-order valence-electron chi connectivity index (χ4n) is 1.88. The molecule has 0 aliphatic heterocycles. The van der Waals surface area contributed by atoms with Gasteiger partial charge in [0.1, 0.15) is 5.82 Å². The molecular formula is C14H12FO4S2-. The first-order valence-electron chi connectivity index (χ1n) is 6.01. The lowest BCUT2D eigenvalue weighted by Gasteiger charge is -2.14. The topological polar surface area (TPSA) is 74.3 Å². The van der Waals surface area contributed by atoms with Crippen LogP contribution >= 0.6 is 0 Å². The van der Waals surface area contributed by atoms with Crippen molar-refractivity contribution in [1.29, 1.82) is 0 Å². The molecule has 21 heavy (non-hydrogen) atoms. The summed E-state index contributed by atoms with van der Waals surface area (Å²) < 4.78 is 59.6. The number of hydrogen-bond donors (Lipinski definition) is 0. The van der Waals surface area contributed by atoms with Gasteiger partial charge in [0.05, 0.1) is 10.1 Å². The molecule has 2 unspecified atom stereocenters. The highest BCUT2D eigenvalue weighted by molar-refractivity contribution is 7.91. The Kier molecular flexibility index (Phi) is 4.55. The molecule has 0 bridgehead atoms. The van der Waals surface area contributed by atoms with Crippen LogP contribution in [-0.4, -0.2) is 17.2 Å². The summed E-state index contributed by atoms with van der Waals surface area (Å²) in [6.45, 7) is 1.46. The molecule has 2 atom stereocenters. The monoisotopic (exact) mass is 327 g/mol. The van der Waals surface area contributed by atoms with Gasteiger partial charge in [-0.25, -0.2) is 12.8 Å². The van der Waals surface area contributed by atoms with Gasteiger partial charge in [-0.2, -0.15) is 0 Å². The van der Waals surface area contributed by atoms with Gasteiger partial charge in [-0.05, 0) is 60.0 Å². The molecule has 0 heterocycles. The maximum absolute atomic E-state index is 13.2. The lowest BCUT2D eigenvalue weighted by molar-refractivity contribution is 0.537. The van der Waals surface area contributed by atoms with Crippen molar-refractivity contribution >= 4 is 20.9 Å². The van der Waals surface area contributed by atoms with E-state index in [2.05, 4.69) is 0 Å². The standard InChI is InChI=1S/C14H13FO4S2/c1-10(11-3-2-4-12(15)9-11)21(18,19)14-7-5-13(6-8-14)20(16)17/h2-10H,1H3,(H,16,17)/p-1. The van der Waals surface area contributed by atoms with Crippen LogP contribution in [0.4, 0.5) is 4.39 Å². The van der Waals surface area contributed by atoms with Gasteiger partial charge in [0.25, 0.3) is 0 Å². The number of sulfone groups is 1. The zero-order chi connectivity index (χ0) is 15.6. The summed E-state index contributed by atoms with van der Waals surface area (Å²) in [6.07, 6.45) is 0. The summed E-state index contributed by atoms with van der Waals surface area (Å²) >= 11 is -2.41. The Morgan fingerprint density at radius 1 is 1.14 bits per heavy atom. The summed E-state index contributed by atoms with van der Waals surface area (Å²) in [5.41, 5.74) is 0.339. The van der Waals surface area contributed by atoms with Gasteiger partial charge < -0.3 is 4.55 Å². The third-order valence-electron chi connectivity index (χ3n) is 3.13. The summed E-state index contributed by atoms with van der Waals surface area (Å²) in [5, 5.41) is -0.934. The van der Waals surface area contributed by atoms with Crippen molar-refractivity contribution in [2.45, 2.75) is 22.0 Å². The Hall–Kier alpha value is -1.57. The van der Waals surface area contributed by atoms with E-state index in [-0.39, 0.29) is 9.79 Å². The molecule has 0 saturated heterocycles. The minimum Gasteiger partial charge on any atom is -0.768 e. The molecule has 0 radical (unpaired) electrons. The van der Waals surface area contributed by atoms with Gasteiger partial charge in [-0.1, -0.05) is 12.1 Å². The number of benzene rings is 2. The predicted octanol–water partition coefficient (Wildman–Crippen LogP) is 2.60. The maximum atomic E-state index is 13.2. The van der Waals surface area contributed by atoms with Crippen molar-refractivity contribution in [1.82, 2.24) is 0 Å². The molecule has 0 aromatic heterocycles. The Bertz CT molecular complexity index is 770. The van der Waals surface area contributed by atoms with E-state index in [1.165, 1.54) is 55.5 Å². The van der Waals surface area contributed by atoms with Crippen molar-refractivity contribution in [3.63, 3.8) is 0 Å². The molecule has 0 aliphatic carbocycles. The van der Waals surface area contributed by atoms with Crippen molar-refractivity contribution < 1.29 is 21.6 Å². The van der Waals surface area contributed by atoms with Crippen LogP contribution in [-0.2, 0) is 20.9 Å². The molecule has 0 fully saturated rings. The van der Waals surface area contributed by atoms with E-state index >= 15 is 0 Å². The summed E-state index contributed by atoms with van der Waals surface area (Å²) in [6, 6.07) is 10.3. The summed E-state index contributed by atoms with van der Waals surface area (Å²) in [7, 11) is -3.72. The maximum Gasteiger partial charge on any atom is 0.185 e. The molecule has 0 amide bonds. The molecule has 0 aliphatic rings. The molecule has 4 nitrogen and oxygen atoms in total. The largest absolute Gasteiger partial charge is 0.768 e. The third kappa shape index (κ3) is 3.37. The van der Waals surface area contributed by atoms with Crippen LogP contribution in [0.3, 0.4) is 0 Å². The second kappa shape index (κ2) is 6.05. The normalized spacial score (nSPS) is 14.6. The van der Waals surface area contributed by atoms with Gasteiger partial charge in [0.15, 0.2) is 9.84 Å². The molecule has 2 aromatic carbocycles. The Morgan fingerprint density at radius 2 is 1.76 bits per heavy atom. The van der Waals surface area contributed by atoms with Crippen LogP contribution in [0, 0.1) is 5.82 Å². The van der Waals surface area contributed by atoms with E-state index in [1.54, 1.807) is 0 Å². The van der Waals surface area contributed by atoms with Crippen LogP contribution in [0.15, 0.2) is 58.3 Å². The minimum atomic E-state index is -3.72. The molecule has 2 rings (SSSR count). The molecule has 0 spiro atoms. The zero-order valence-corrected chi connectivity index (χ0v) is 12.7. The van der Waals surface area contributed by atoms with Crippen LogP contribution in [0.25, 0.3) is 0 Å². The SMILES string of the molecule is CC(c1cccc(F)c1)S(=O)(=O)c1ccc(S(=O)[O-])cc1. The second-order valence-corrected chi connectivity index (χ2v) is 7.66. The Morgan fingerprint density at radius 3 is 2.29 bits per heavy atom. The highest BCUT2D eigenvalue weighted by Crippen LogP contribution is 2.29. The van der Waals surface area contributed by atoms with Crippen molar-refractivity contribution in [3.05, 3.63) is 59.9 Å². The number of rotatable bonds is 4. The first-order chi connectivity index (χ1) is 9.82. The molecule has 7 heteroatoms. The van der Waals surface area contributed by atoms with E-state index in [0.29, 0.717) is 5.56 Å². The molecular weight excluding hydrogens is 315 g/mol. The number of halogens is 1. The van der Waals surface area contributed by atoms with Gasteiger partial charge in [0, 0.05) is 4.90 Å². The lowest BCUT2D eigenvalue weighted by atomic mass is 10.2. The van der Waals surface area contributed by atoms with Gasteiger partial charge in [-0.15, -0.1) is 0 Å². The predicted molar refractivity (Wildman–Crippen MR) is 75.6 cm³/mol. The van der Waals surface area contributed by atoms with E-state index in [0.717, 1.165) is 0 Å². The third-order valence-corrected chi connectivity index (χ3v) is 5.92. The van der Waals surface area contributed by atoms with E-state index in [4.69, 9.17) is 0 Å². The van der Waals surface area contributed by atoms with E-state index in [1.807, 2.05) is 0 Å². The minimum absolute atomic E-state index is 0.00605. The summed E-state index contributed by atoms with van der Waals surface area (Å²) in [4.78, 5) is 0.000759.